The second kappa shape index (κ2) is 5.98. The minimum absolute atomic E-state index is 0.443. The smallest absolute Gasteiger partial charge is 0.0717 e. The predicted molar refractivity (Wildman–Crippen MR) is 82.2 cm³/mol. The van der Waals surface area contributed by atoms with E-state index >= 15 is 0 Å². The first-order valence-corrected chi connectivity index (χ1v) is 6.69. The van der Waals surface area contributed by atoms with Gasteiger partial charge in [0.2, 0.25) is 0 Å². The zero-order valence-corrected chi connectivity index (χ0v) is 11.4. The fourth-order valence-corrected chi connectivity index (χ4v) is 2.16. The Kier molecular flexibility index (Phi) is 3.70. The average Bonchev–Trinajstić information content (AvgIpc) is 2.57. The Bertz CT molecular complexity index is 754. The van der Waals surface area contributed by atoms with Crippen LogP contribution >= 0.6 is 0 Å². The van der Waals surface area contributed by atoms with Crippen LogP contribution in [0.15, 0.2) is 67.1 Å². The van der Waals surface area contributed by atoms with Crippen molar-refractivity contribution in [2.75, 3.05) is 0 Å². The first kappa shape index (κ1) is 13.0. The van der Waals surface area contributed by atoms with Crippen molar-refractivity contribution >= 4 is 0 Å². The van der Waals surface area contributed by atoms with Crippen LogP contribution in [0.3, 0.4) is 0 Å². The SMILES string of the molecule is N#CCc1ccc(-c2ccc(-c3cccnc3)nc2)cc1. The molecular weight excluding hydrogens is 258 g/mol. The Morgan fingerprint density at radius 3 is 2.29 bits per heavy atom. The van der Waals surface area contributed by atoms with Gasteiger partial charge in [-0.3, -0.25) is 9.97 Å². The maximum absolute atomic E-state index is 8.68. The minimum atomic E-state index is 0.443. The van der Waals surface area contributed by atoms with Gasteiger partial charge in [-0.2, -0.15) is 5.26 Å². The number of hydrogen-bond donors (Lipinski definition) is 0. The summed E-state index contributed by atoms with van der Waals surface area (Å²) in [5.74, 6) is 0. The molecule has 0 amide bonds. The highest BCUT2D eigenvalue weighted by Crippen LogP contribution is 2.22. The Morgan fingerprint density at radius 2 is 1.67 bits per heavy atom. The molecule has 100 valence electrons. The molecule has 3 aromatic rings. The Morgan fingerprint density at radius 1 is 0.857 bits per heavy atom. The summed E-state index contributed by atoms with van der Waals surface area (Å²) in [5, 5.41) is 8.68. The van der Waals surface area contributed by atoms with Crippen LogP contribution in [-0.4, -0.2) is 9.97 Å². The molecule has 3 heteroatoms. The van der Waals surface area contributed by atoms with Crippen molar-refractivity contribution in [2.45, 2.75) is 6.42 Å². The quantitative estimate of drug-likeness (QED) is 0.726. The molecule has 3 nitrogen and oxygen atoms in total. The van der Waals surface area contributed by atoms with E-state index in [1.165, 1.54) is 0 Å². The number of nitrogens with zero attached hydrogens (tertiary/aromatic N) is 3. The van der Waals surface area contributed by atoms with Gasteiger partial charge in [-0.05, 0) is 29.3 Å². The molecule has 0 aliphatic rings. The summed E-state index contributed by atoms with van der Waals surface area (Å²) in [6.45, 7) is 0. The highest BCUT2D eigenvalue weighted by atomic mass is 14.7. The van der Waals surface area contributed by atoms with Gasteiger partial charge in [-0.25, -0.2) is 0 Å². The second-order valence-electron chi connectivity index (χ2n) is 4.71. The molecule has 0 fully saturated rings. The fraction of sp³-hybridized carbons (Fsp3) is 0.0556. The number of hydrogen-bond acceptors (Lipinski definition) is 3. The van der Waals surface area contributed by atoms with E-state index in [0.29, 0.717) is 6.42 Å². The van der Waals surface area contributed by atoms with E-state index in [4.69, 9.17) is 5.26 Å². The number of nitriles is 1. The summed E-state index contributed by atoms with van der Waals surface area (Å²) in [4.78, 5) is 8.59. The van der Waals surface area contributed by atoms with E-state index in [0.717, 1.165) is 27.9 Å². The predicted octanol–water partition coefficient (Wildman–Crippen LogP) is 3.88. The second-order valence-corrected chi connectivity index (χ2v) is 4.71. The van der Waals surface area contributed by atoms with E-state index in [9.17, 15) is 0 Å². The van der Waals surface area contributed by atoms with Gasteiger partial charge in [-0.1, -0.05) is 30.3 Å². The monoisotopic (exact) mass is 271 g/mol. The van der Waals surface area contributed by atoms with Gasteiger partial charge in [0.1, 0.15) is 0 Å². The molecule has 0 aliphatic heterocycles. The lowest BCUT2D eigenvalue weighted by Gasteiger charge is -2.04. The number of pyridine rings is 2. The van der Waals surface area contributed by atoms with Crippen molar-refractivity contribution in [3.63, 3.8) is 0 Å². The lowest BCUT2D eigenvalue weighted by atomic mass is 10.0. The Balaban J connectivity index is 1.86. The minimum Gasteiger partial charge on any atom is -0.264 e. The third-order valence-corrected chi connectivity index (χ3v) is 3.29. The van der Waals surface area contributed by atoms with Crippen LogP contribution in [-0.2, 0) is 6.42 Å². The fourth-order valence-electron chi connectivity index (χ4n) is 2.16. The molecule has 0 spiro atoms. The first-order chi connectivity index (χ1) is 10.4. The molecule has 0 aliphatic carbocycles. The van der Waals surface area contributed by atoms with Crippen LogP contribution in [0.25, 0.3) is 22.4 Å². The summed E-state index contributed by atoms with van der Waals surface area (Å²) >= 11 is 0. The average molecular weight is 271 g/mol. The molecule has 0 saturated heterocycles. The number of rotatable bonds is 3. The highest BCUT2D eigenvalue weighted by Gasteiger charge is 2.02. The van der Waals surface area contributed by atoms with Crippen LogP contribution in [0.1, 0.15) is 5.56 Å². The summed E-state index contributed by atoms with van der Waals surface area (Å²) in [6.07, 6.45) is 5.86. The standard InChI is InChI=1S/C18H13N3/c19-10-9-14-3-5-15(6-4-14)16-7-8-18(21-13-16)17-2-1-11-20-12-17/h1-8,11-13H,9H2. The van der Waals surface area contributed by atoms with Crippen molar-refractivity contribution in [1.29, 1.82) is 5.26 Å². The highest BCUT2D eigenvalue weighted by molar-refractivity contribution is 5.66. The van der Waals surface area contributed by atoms with E-state index in [2.05, 4.69) is 22.1 Å². The van der Waals surface area contributed by atoms with Crippen LogP contribution in [0.5, 0.6) is 0 Å². The van der Waals surface area contributed by atoms with E-state index < -0.39 is 0 Å². The normalized spacial score (nSPS) is 10.0. The van der Waals surface area contributed by atoms with E-state index in [1.807, 2.05) is 48.7 Å². The molecule has 0 bridgehead atoms. The van der Waals surface area contributed by atoms with Crippen LogP contribution in [0.2, 0.25) is 0 Å². The molecule has 0 saturated carbocycles. The zero-order valence-electron chi connectivity index (χ0n) is 11.4. The number of aromatic nitrogens is 2. The molecular formula is C18H13N3. The van der Waals surface area contributed by atoms with E-state index in [1.54, 1.807) is 12.4 Å². The Labute approximate surface area is 123 Å². The summed E-state index contributed by atoms with van der Waals surface area (Å²) in [7, 11) is 0. The van der Waals surface area contributed by atoms with Gasteiger partial charge in [0.15, 0.2) is 0 Å². The lowest BCUT2D eigenvalue weighted by Crippen LogP contribution is -1.86. The third kappa shape index (κ3) is 2.96. The van der Waals surface area contributed by atoms with Crippen molar-refractivity contribution in [3.05, 3.63) is 72.7 Å². The van der Waals surface area contributed by atoms with Crippen molar-refractivity contribution in [1.82, 2.24) is 9.97 Å². The largest absolute Gasteiger partial charge is 0.264 e. The first-order valence-electron chi connectivity index (χ1n) is 6.69. The van der Waals surface area contributed by atoms with Crippen molar-refractivity contribution < 1.29 is 0 Å². The molecule has 0 atom stereocenters. The molecule has 3 rings (SSSR count). The molecule has 0 N–H and O–H groups in total. The molecule has 2 heterocycles. The summed E-state index contributed by atoms with van der Waals surface area (Å²) in [5.41, 5.74) is 5.11. The van der Waals surface area contributed by atoms with Gasteiger partial charge in [0.05, 0.1) is 18.2 Å². The van der Waals surface area contributed by atoms with E-state index in [-0.39, 0.29) is 0 Å². The third-order valence-electron chi connectivity index (χ3n) is 3.29. The maximum atomic E-state index is 8.68. The van der Waals surface area contributed by atoms with Crippen molar-refractivity contribution in [3.8, 4) is 28.5 Å². The molecule has 1 aromatic carbocycles. The zero-order chi connectivity index (χ0) is 14.5. The molecule has 0 radical (unpaired) electrons. The Hall–Kier alpha value is -2.99. The topological polar surface area (TPSA) is 49.6 Å². The van der Waals surface area contributed by atoms with Gasteiger partial charge >= 0.3 is 0 Å². The number of benzene rings is 1. The van der Waals surface area contributed by atoms with Crippen molar-refractivity contribution in [2.24, 2.45) is 0 Å². The van der Waals surface area contributed by atoms with Crippen LogP contribution in [0, 0.1) is 11.3 Å². The van der Waals surface area contributed by atoms with Gasteiger partial charge in [0.25, 0.3) is 0 Å². The molecule has 21 heavy (non-hydrogen) atoms. The summed E-state index contributed by atoms with van der Waals surface area (Å²) in [6, 6.07) is 18.1. The van der Waals surface area contributed by atoms with Gasteiger partial charge in [-0.15, -0.1) is 0 Å². The lowest BCUT2D eigenvalue weighted by molar-refractivity contribution is 1.26. The summed E-state index contributed by atoms with van der Waals surface area (Å²) < 4.78 is 0. The molecule has 0 unspecified atom stereocenters. The van der Waals surface area contributed by atoms with Crippen LogP contribution < -0.4 is 0 Å². The van der Waals surface area contributed by atoms with Gasteiger partial charge < -0.3 is 0 Å². The van der Waals surface area contributed by atoms with Crippen LogP contribution in [0.4, 0.5) is 0 Å². The molecule has 2 aromatic heterocycles. The van der Waals surface area contributed by atoms with Gasteiger partial charge in [0, 0.05) is 29.7 Å². The maximum Gasteiger partial charge on any atom is 0.0717 e.